The molecule has 3 rings (SSSR count). The van der Waals surface area contributed by atoms with Crippen molar-refractivity contribution in [3.63, 3.8) is 0 Å². The number of rotatable bonds is 3. The van der Waals surface area contributed by atoms with E-state index in [1.807, 2.05) is 12.1 Å². The third-order valence-electron chi connectivity index (χ3n) is 3.39. The largest absolute Gasteiger partial charge is 0.494 e. The van der Waals surface area contributed by atoms with Crippen LogP contribution in [0.25, 0.3) is 11.0 Å². The van der Waals surface area contributed by atoms with E-state index in [1.165, 1.54) is 18.4 Å². The summed E-state index contributed by atoms with van der Waals surface area (Å²) in [6.45, 7) is 0.311. The molecule has 1 aromatic carbocycles. The second kappa shape index (κ2) is 5.59. The average Bonchev–Trinajstić information content (AvgIpc) is 2.48. The van der Waals surface area contributed by atoms with Crippen LogP contribution in [0.2, 0.25) is 0 Å². The van der Waals surface area contributed by atoms with Crippen molar-refractivity contribution in [1.29, 1.82) is 0 Å². The highest BCUT2D eigenvalue weighted by Crippen LogP contribution is 2.19. The van der Waals surface area contributed by atoms with Gasteiger partial charge in [-0.2, -0.15) is 0 Å². The standard InChI is InChI=1S/C15H15NO5/c17-11-5-6-20-13(15(11)19)8-16-10-3-1-9-2-4-14(18)21-12(9)7-10/h1-7,11,13,15-17,19H,8H2/t11?,13?,15-/m0/s1. The molecular weight excluding hydrogens is 274 g/mol. The number of nitrogens with one attached hydrogen (secondary N) is 1. The van der Waals surface area contributed by atoms with Crippen LogP contribution in [0.5, 0.6) is 0 Å². The molecular formula is C15H15NO5. The van der Waals surface area contributed by atoms with Crippen molar-refractivity contribution in [3.8, 4) is 0 Å². The van der Waals surface area contributed by atoms with Crippen LogP contribution in [-0.4, -0.2) is 35.1 Å². The molecule has 6 nitrogen and oxygen atoms in total. The number of aliphatic hydroxyl groups excluding tert-OH is 2. The molecule has 2 heterocycles. The van der Waals surface area contributed by atoms with Crippen LogP contribution in [0.4, 0.5) is 5.69 Å². The van der Waals surface area contributed by atoms with Crippen molar-refractivity contribution >= 4 is 16.7 Å². The van der Waals surface area contributed by atoms with Gasteiger partial charge in [-0.05, 0) is 24.3 Å². The molecule has 0 aliphatic carbocycles. The van der Waals surface area contributed by atoms with Gasteiger partial charge >= 0.3 is 5.63 Å². The third kappa shape index (κ3) is 2.91. The van der Waals surface area contributed by atoms with Crippen molar-refractivity contribution in [2.45, 2.75) is 18.3 Å². The van der Waals surface area contributed by atoms with Gasteiger partial charge < -0.3 is 24.7 Å². The molecule has 0 fully saturated rings. The highest BCUT2D eigenvalue weighted by molar-refractivity contribution is 5.80. The highest BCUT2D eigenvalue weighted by atomic mass is 16.5. The Morgan fingerprint density at radius 2 is 2.00 bits per heavy atom. The molecule has 2 unspecified atom stereocenters. The van der Waals surface area contributed by atoms with E-state index in [0.717, 1.165) is 11.1 Å². The Hall–Kier alpha value is -2.31. The van der Waals surface area contributed by atoms with Gasteiger partial charge in [0.25, 0.3) is 0 Å². The highest BCUT2D eigenvalue weighted by Gasteiger charge is 2.28. The van der Waals surface area contributed by atoms with E-state index in [4.69, 9.17) is 9.15 Å². The summed E-state index contributed by atoms with van der Waals surface area (Å²) in [4.78, 5) is 11.2. The van der Waals surface area contributed by atoms with E-state index in [1.54, 1.807) is 12.1 Å². The molecule has 0 saturated heterocycles. The molecule has 3 N–H and O–H groups in total. The molecule has 6 heteroatoms. The maximum Gasteiger partial charge on any atom is 0.336 e. The van der Waals surface area contributed by atoms with Gasteiger partial charge in [0.1, 0.15) is 23.9 Å². The normalized spacial score (nSPS) is 24.8. The monoisotopic (exact) mass is 289 g/mol. The lowest BCUT2D eigenvalue weighted by Gasteiger charge is -2.28. The lowest BCUT2D eigenvalue weighted by molar-refractivity contribution is -0.0565. The number of ether oxygens (including phenoxy) is 1. The maximum absolute atomic E-state index is 11.2. The van der Waals surface area contributed by atoms with Crippen molar-refractivity contribution in [2.24, 2.45) is 0 Å². The predicted octanol–water partition coefficient (Wildman–Crippen LogP) is 0.839. The van der Waals surface area contributed by atoms with Crippen molar-refractivity contribution < 1.29 is 19.4 Å². The second-order valence-electron chi connectivity index (χ2n) is 4.87. The Bertz CT molecular complexity index is 723. The minimum atomic E-state index is -0.985. The molecule has 0 bridgehead atoms. The van der Waals surface area contributed by atoms with Gasteiger partial charge in [-0.1, -0.05) is 0 Å². The van der Waals surface area contributed by atoms with Crippen LogP contribution >= 0.6 is 0 Å². The van der Waals surface area contributed by atoms with E-state index >= 15 is 0 Å². The van der Waals surface area contributed by atoms with Crippen LogP contribution in [0, 0.1) is 0 Å². The topological polar surface area (TPSA) is 91.9 Å². The first-order valence-corrected chi connectivity index (χ1v) is 6.59. The van der Waals surface area contributed by atoms with Gasteiger partial charge in [0, 0.05) is 23.2 Å². The fourth-order valence-corrected chi connectivity index (χ4v) is 2.20. The van der Waals surface area contributed by atoms with Crippen LogP contribution < -0.4 is 10.9 Å². The molecule has 0 radical (unpaired) electrons. The first-order valence-electron chi connectivity index (χ1n) is 6.59. The zero-order valence-electron chi connectivity index (χ0n) is 11.1. The fraction of sp³-hybridized carbons (Fsp3) is 0.267. The minimum Gasteiger partial charge on any atom is -0.494 e. The summed E-state index contributed by atoms with van der Waals surface area (Å²) in [5, 5.41) is 23.2. The Labute approximate surface area is 120 Å². The second-order valence-corrected chi connectivity index (χ2v) is 4.87. The minimum absolute atomic E-state index is 0.311. The van der Waals surface area contributed by atoms with Gasteiger partial charge in [0.2, 0.25) is 0 Å². The summed E-state index contributed by atoms with van der Waals surface area (Å²) in [7, 11) is 0. The molecule has 0 spiro atoms. The fourth-order valence-electron chi connectivity index (χ4n) is 2.20. The smallest absolute Gasteiger partial charge is 0.336 e. The Morgan fingerprint density at radius 1 is 1.19 bits per heavy atom. The van der Waals surface area contributed by atoms with Crippen LogP contribution in [0.15, 0.2) is 51.9 Å². The molecule has 0 saturated carbocycles. The van der Waals surface area contributed by atoms with Crippen molar-refractivity contribution in [3.05, 3.63) is 53.1 Å². The quantitative estimate of drug-likeness (QED) is 0.725. The number of aliphatic hydroxyl groups is 2. The molecule has 1 aromatic heterocycles. The number of fused-ring (bicyclic) bond motifs is 1. The summed E-state index contributed by atoms with van der Waals surface area (Å²) in [5.41, 5.74) is 0.813. The summed E-state index contributed by atoms with van der Waals surface area (Å²) < 4.78 is 10.4. The van der Waals surface area contributed by atoms with E-state index in [2.05, 4.69) is 5.32 Å². The van der Waals surface area contributed by atoms with E-state index in [-0.39, 0.29) is 0 Å². The Kier molecular flexibility index (Phi) is 3.64. The van der Waals surface area contributed by atoms with Gasteiger partial charge in [0.15, 0.2) is 0 Å². The summed E-state index contributed by atoms with van der Waals surface area (Å²) in [5.74, 6) is 0. The van der Waals surface area contributed by atoms with E-state index in [9.17, 15) is 15.0 Å². The summed E-state index contributed by atoms with van der Waals surface area (Å²) >= 11 is 0. The van der Waals surface area contributed by atoms with Gasteiger partial charge in [-0.15, -0.1) is 0 Å². The number of benzene rings is 1. The lowest BCUT2D eigenvalue weighted by Crippen LogP contribution is -2.43. The van der Waals surface area contributed by atoms with Gasteiger partial charge in [-0.3, -0.25) is 0 Å². The SMILES string of the molecule is O=c1ccc2ccc(NCC3OC=CC(O)[C@@H]3O)cc2o1. The zero-order chi connectivity index (χ0) is 14.8. The molecule has 110 valence electrons. The van der Waals surface area contributed by atoms with E-state index in [0.29, 0.717) is 12.1 Å². The predicted molar refractivity (Wildman–Crippen MR) is 77.0 cm³/mol. The lowest BCUT2D eigenvalue weighted by atomic mass is 10.1. The van der Waals surface area contributed by atoms with Crippen LogP contribution in [-0.2, 0) is 4.74 Å². The van der Waals surface area contributed by atoms with Gasteiger partial charge in [0.05, 0.1) is 12.8 Å². The van der Waals surface area contributed by atoms with Crippen LogP contribution in [0.1, 0.15) is 0 Å². The van der Waals surface area contributed by atoms with Crippen molar-refractivity contribution in [1.82, 2.24) is 0 Å². The summed E-state index contributed by atoms with van der Waals surface area (Å²) in [6, 6.07) is 8.44. The molecule has 1 aliphatic rings. The molecule has 3 atom stereocenters. The van der Waals surface area contributed by atoms with Crippen molar-refractivity contribution in [2.75, 3.05) is 11.9 Å². The third-order valence-corrected chi connectivity index (χ3v) is 3.39. The summed E-state index contributed by atoms with van der Waals surface area (Å²) in [6.07, 6.45) is 0.305. The number of hydrogen-bond acceptors (Lipinski definition) is 6. The molecule has 2 aromatic rings. The molecule has 0 amide bonds. The molecule has 21 heavy (non-hydrogen) atoms. The Morgan fingerprint density at radius 3 is 2.86 bits per heavy atom. The molecule has 1 aliphatic heterocycles. The number of anilines is 1. The van der Waals surface area contributed by atoms with Gasteiger partial charge in [-0.25, -0.2) is 4.79 Å². The maximum atomic E-state index is 11.2. The average molecular weight is 289 g/mol. The van der Waals surface area contributed by atoms with E-state index < -0.39 is 23.9 Å². The zero-order valence-corrected chi connectivity index (χ0v) is 11.1. The Balaban J connectivity index is 1.73. The van der Waals surface area contributed by atoms with Crippen LogP contribution in [0.3, 0.4) is 0 Å². The first-order chi connectivity index (χ1) is 10.1. The first kappa shape index (κ1) is 13.7. The number of hydrogen-bond donors (Lipinski definition) is 3.